The zero-order valence-corrected chi connectivity index (χ0v) is 12.6. The van der Waals surface area contributed by atoms with Crippen molar-refractivity contribution < 1.29 is 14.3 Å². The van der Waals surface area contributed by atoms with E-state index in [4.69, 9.17) is 4.74 Å². The van der Waals surface area contributed by atoms with Crippen LogP contribution in [0, 0.1) is 0 Å². The summed E-state index contributed by atoms with van der Waals surface area (Å²) in [5.41, 5.74) is 1.43. The summed E-state index contributed by atoms with van der Waals surface area (Å²) in [6.07, 6.45) is 2.56. The lowest BCUT2D eigenvalue weighted by molar-refractivity contribution is -0.124. The Kier molecular flexibility index (Phi) is 4.62. The number of ether oxygens (including phenoxy) is 1. The van der Waals surface area contributed by atoms with Gasteiger partial charge in [0.25, 0.3) is 5.91 Å². The molecule has 1 heterocycles. The standard InChI is InChI=1S/C16H20N2O3/c1-4-11(2)17-15(19)10-21-16(20)13-9-18(3)14-8-6-5-7-12(13)14/h5-9,11H,4,10H2,1-3H3,(H,17,19)/t11-/m1/s1. The Morgan fingerprint density at radius 3 is 2.76 bits per heavy atom. The van der Waals surface area contributed by atoms with Crippen LogP contribution in [0.25, 0.3) is 10.9 Å². The molecule has 21 heavy (non-hydrogen) atoms. The number of aromatic nitrogens is 1. The highest BCUT2D eigenvalue weighted by Gasteiger charge is 2.16. The van der Waals surface area contributed by atoms with Gasteiger partial charge in [0, 0.05) is 30.2 Å². The maximum absolute atomic E-state index is 12.1. The molecule has 2 rings (SSSR count). The number of hydrogen-bond donors (Lipinski definition) is 1. The van der Waals surface area contributed by atoms with Crippen LogP contribution in [0.4, 0.5) is 0 Å². The maximum Gasteiger partial charge on any atom is 0.340 e. The van der Waals surface area contributed by atoms with Gasteiger partial charge in [-0.25, -0.2) is 4.79 Å². The molecule has 1 amide bonds. The minimum atomic E-state index is -0.480. The molecule has 112 valence electrons. The fourth-order valence-electron chi connectivity index (χ4n) is 2.13. The van der Waals surface area contributed by atoms with E-state index in [1.807, 2.05) is 49.7 Å². The molecule has 1 aromatic heterocycles. The van der Waals surface area contributed by atoms with E-state index in [1.165, 1.54) is 0 Å². The summed E-state index contributed by atoms with van der Waals surface area (Å²) in [7, 11) is 1.87. The Morgan fingerprint density at radius 2 is 2.05 bits per heavy atom. The normalized spacial score (nSPS) is 12.1. The van der Waals surface area contributed by atoms with Crippen LogP contribution in [-0.2, 0) is 16.6 Å². The third-order valence-electron chi connectivity index (χ3n) is 3.47. The van der Waals surface area contributed by atoms with E-state index in [0.29, 0.717) is 5.56 Å². The first-order valence-electron chi connectivity index (χ1n) is 7.03. The third-order valence-corrected chi connectivity index (χ3v) is 3.47. The molecule has 0 aliphatic heterocycles. The minimum absolute atomic E-state index is 0.0776. The maximum atomic E-state index is 12.1. The predicted molar refractivity (Wildman–Crippen MR) is 81.1 cm³/mol. The van der Waals surface area contributed by atoms with Gasteiger partial charge in [-0.1, -0.05) is 25.1 Å². The molecule has 0 fully saturated rings. The number of aryl methyl sites for hydroxylation is 1. The van der Waals surface area contributed by atoms with E-state index in [0.717, 1.165) is 17.3 Å². The average Bonchev–Trinajstić information content (AvgIpc) is 2.82. The fraction of sp³-hybridized carbons (Fsp3) is 0.375. The number of benzene rings is 1. The summed E-state index contributed by atoms with van der Waals surface area (Å²) in [6.45, 7) is 3.63. The Labute approximate surface area is 123 Å². The van der Waals surface area contributed by atoms with Gasteiger partial charge in [0.2, 0.25) is 0 Å². The molecule has 1 atom stereocenters. The van der Waals surface area contributed by atoms with Crippen LogP contribution < -0.4 is 5.32 Å². The van der Waals surface area contributed by atoms with Crippen molar-refractivity contribution in [2.75, 3.05) is 6.61 Å². The SMILES string of the molecule is CC[C@@H](C)NC(=O)COC(=O)c1cn(C)c2ccccc12. The van der Waals surface area contributed by atoms with E-state index in [2.05, 4.69) is 5.32 Å². The highest BCUT2D eigenvalue weighted by atomic mass is 16.5. The molecule has 2 aromatic rings. The Bertz CT molecular complexity index is 661. The van der Waals surface area contributed by atoms with Crippen molar-refractivity contribution in [3.63, 3.8) is 0 Å². The molecule has 0 saturated carbocycles. The summed E-state index contributed by atoms with van der Waals surface area (Å²) < 4.78 is 6.96. The van der Waals surface area contributed by atoms with Crippen LogP contribution in [-0.4, -0.2) is 29.1 Å². The molecular formula is C16H20N2O3. The lowest BCUT2D eigenvalue weighted by Crippen LogP contribution is -2.35. The van der Waals surface area contributed by atoms with Gasteiger partial charge in [-0.05, 0) is 19.4 Å². The van der Waals surface area contributed by atoms with Gasteiger partial charge >= 0.3 is 5.97 Å². The summed E-state index contributed by atoms with van der Waals surface area (Å²) in [5.74, 6) is -0.760. The second kappa shape index (κ2) is 6.43. The van der Waals surface area contributed by atoms with Crippen molar-refractivity contribution in [1.29, 1.82) is 0 Å². The second-order valence-electron chi connectivity index (χ2n) is 5.12. The Morgan fingerprint density at radius 1 is 1.33 bits per heavy atom. The molecule has 5 heteroatoms. The molecule has 0 spiro atoms. The molecule has 0 aliphatic carbocycles. The van der Waals surface area contributed by atoms with Crippen LogP contribution in [0.1, 0.15) is 30.6 Å². The average molecular weight is 288 g/mol. The van der Waals surface area contributed by atoms with Gasteiger partial charge in [-0.2, -0.15) is 0 Å². The zero-order chi connectivity index (χ0) is 15.4. The van der Waals surface area contributed by atoms with E-state index >= 15 is 0 Å². The molecule has 0 saturated heterocycles. The van der Waals surface area contributed by atoms with Crippen LogP contribution in [0.3, 0.4) is 0 Å². The smallest absolute Gasteiger partial charge is 0.340 e. The number of nitrogens with zero attached hydrogens (tertiary/aromatic N) is 1. The highest BCUT2D eigenvalue weighted by Crippen LogP contribution is 2.20. The molecule has 0 aliphatic rings. The molecule has 1 N–H and O–H groups in total. The highest BCUT2D eigenvalue weighted by molar-refractivity contribution is 6.04. The first-order valence-corrected chi connectivity index (χ1v) is 7.03. The molecule has 0 unspecified atom stereocenters. The van der Waals surface area contributed by atoms with Gasteiger partial charge in [0.15, 0.2) is 6.61 Å². The number of nitrogens with one attached hydrogen (secondary N) is 1. The van der Waals surface area contributed by atoms with Gasteiger partial charge in [0.05, 0.1) is 5.56 Å². The van der Waals surface area contributed by atoms with E-state index < -0.39 is 5.97 Å². The van der Waals surface area contributed by atoms with Crippen molar-refractivity contribution in [3.8, 4) is 0 Å². The second-order valence-corrected chi connectivity index (χ2v) is 5.12. The van der Waals surface area contributed by atoms with Crippen molar-refractivity contribution in [2.24, 2.45) is 7.05 Å². The number of para-hydroxylation sites is 1. The van der Waals surface area contributed by atoms with Crippen molar-refractivity contribution in [3.05, 3.63) is 36.0 Å². The van der Waals surface area contributed by atoms with Crippen LogP contribution in [0.15, 0.2) is 30.5 Å². The van der Waals surface area contributed by atoms with E-state index in [1.54, 1.807) is 6.20 Å². The van der Waals surface area contributed by atoms with Crippen molar-refractivity contribution in [1.82, 2.24) is 9.88 Å². The van der Waals surface area contributed by atoms with Crippen LogP contribution in [0.5, 0.6) is 0 Å². The molecular weight excluding hydrogens is 268 g/mol. The Hall–Kier alpha value is -2.30. The monoisotopic (exact) mass is 288 g/mol. The van der Waals surface area contributed by atoms with Gasteiger partial charge in [-0.3, -0.25) is 4.79 Å². The van der Waals surface area contributed by atoms with Crippen LogP contribution >= 0.6 is 0 Å². The fourth-order valence-corrected chi connectivity index (χ4v) is 2.13. The number of fused-ring (bicyclic) bond motifs is 1. The largest absolute Gasteiger partial charge is 0.452 e. The minimum Gasteiger partial charge on any atom is -0.452 e. The third kappa shape index (κ3) is 3.42. The quantitative estimate of drug-likeness (QED) is 0.858. The Balaban J connectivity index is 2.04. The first-order chi connectivity index (χ1) is 10.0. The van der Waals surface area contributed by atoms with E-state index in [-0.39, 0.29) is 18.6 Å². The van der Waals surface area contributed by atoms with Gasteiger partial charge < -0.3 is 14.6 Å². The molecule has 0 bridgehead atoms. The summed E-state index contributed by atoms with van der Waals surface area (Å²) >= 11 is 0. The topological polar surface area (TPSA) is 60.3 Å². The van der Waals surface area contributed by atoms with Gasteiger partial charge in [0.1, 0.15) is 0 Å². The summed E-state index contributed by atoms with van der Waals surface area (Å²) in [6, 6.07) is 7.66. The summed E-state index contributed by atoms with van der Waals surface area (Å²) in [4.78, 5) is 23.7. The number of carbonyl (C=O) groups is 2. The zero-order valence-electron chi connectivity index (χ0n) is 12.6. The number of esters is 1. The number of hydrogen-bond acceptors (Lipinski definition) is 3. The molecule has 5 nitrogen and oxygen atoms in total. The molecule has 1 aromatic carbocycles. The lowest BCUT2D eigenvalue weighted by atomic mass is 10.2. The number of rotatable bonds is 5. The van der Waals surface area contributed by atoms with Gasteiger partial charge in [-0.15, -0.1) is 0 Å². The van der Waals surface area contributed by atoms with E-state index in [9.17, 15) is 9.59 Å². The first kappa shape index (κ1) is 15.1. The lowest BCUT2D eigenvalue weighted by Gasteiger charge is -2.11. The predicted octanol–water partition coefficient (Wildman–Crippen LogP) is 2.25. The number of carbonyl (C=O) groups excluding carboxylic acids is 2. The summed E-state index contributed by atoms with van der Waals surface area (Å²) in [5, 5.41) is 3.58. The number of amides is 1. The molecule has 0 radical (unpaired) electrons. The van der Waals surface area contributed by atoms with Crippen LogP contribution in [0.2, 0.25) is 0 Å². The van der Waals surface area contributed by atoms with Crippen molar-refractivity contribution in [2.45, 2.75) is 26.3 Å². The van der Waals surface area contributed by atoms with Crippen molar-refractivity contribution >= 4 is 22.8 Å².